The smallest absolute Gasteiger partial charge is 0.111 e. The molecule has 0 amide bonds. The molecule has 11 heavy (non-hydrogen) atoms. The minimum Gasteiger partial charge on any atom is -0.327 e. The summed E-state index contributed by atoms with van der Waals surface area (Å²) in [5.74, 6) is 5.94. The van der Waals surface area contributed by atoms with Gasteiger partial charge < -0.3 is 9.88 Å². The highest BCUT2D eigenvalue weighted by molar-refractivity contribution is 5.26. The van der Waals surface area contributed by atoms with E-state index in [0.29, 0.717) is 6.54 Å². The fourth-order valence-corrected chi connectivity index (χ4v) is 0.701. The lowest BCUT2D eigenvalue weighted by Gasteiger charge is -1.89. The molecule has 1 aromatic heterocycles. The van der Waals surface area contributed by atoms with Gasteiger partial charge in [0.15, 0.2) is 0 Å². The van der Waals surface area contributed by atoms with E-state index in [0.717, 1.165) is 5.69 Å². The number of hydrogen-bond donors (Lipinski definition) is 1. The van der Waals surface area contributed by atoms with Crippen LogP contribution in [0.2, 0.25) is 0 Å². The van der Waals surface area contributed by atoms with Crippen molar-refractivity contribution < 1.29 is 0 Å². The van der Waals surface area contributed by atoms with Gasteiger partial charge in [-0.25, -0.2) is 4.98 Å². The molecule has 3 heteroatoms. The maximum atomic E-state index is 3.94. The van der Waals surface area contributed by atoms with Crippen LogP contribution in [0.15, 0.2) is 12.5 Å². The summed E-state index contributed by atoms with van der Waals surface area (Å²) in [6.07, 6.45) is 3.49. The molecule has 0 atom stereocenters. The molecule has 1 aromatic rings. The van der Waals surface area contributed by atoms with Crippen LogP contribution in [0, 0.1) is 11.8 Å². The Morgan fingerprint density at radius 3 is 3.09 bits per heavy atom. The number of nitrogens with zero attached hydrogens (tertiary/aromatic N) is 2. The SMILES string of the molecule is CNCC#Cc1cncn1C. The molecule has 0 radical (unpaired) electrons. The van der Waals surface area contributed by atoms with E-state index in [1.807, 2.05) is 18.7 Å². The predicted octanol–water partition coefficient (Wildman–Crippen LogP) is -0.00900. The lowest BCUT2D eigenvalue weighted by molar-refractivity contribution is 0.897. The van der Waals surface area contributed by atoms with E-state index in [9.17, 15) is 0 Å². The molecule has 0 aliphatic rings. The van der Waals surface area contributed by atoms with Gasteiger partial charge in [0, 0.05) is 7.05 Å². The molecule has 0 saturated carbocycles. The third kappa shape index (κ3) is 2.10. The van der Waals surface area contributed by atoms with Gasteiger partial charge in [-0.2, -0.15) is 0 Å². The largest absolute Gasteiger partial charge is 0.327 e. The number of aromatic nitrogens is 2. The standard InChI is InChI=1S/C8H11N3/c1-9-5-3-4-8-6-10-7-11(8)2/h6-7,9H,5H2,1-2H3. The first-order valence-corrected chi connectivity index (χ1v) is 3.44. The average Bonchev–Trinajstić information content (AvgIpc) is 2.37. The van der Waals surface area contributed by atoms with E-state index in [-0.39, 0.29) is 0 Å². The molecule has 58 valence electrons. The maximum Gasteiger partial charge on any atom is 0.111 e. The Balaban J connectivity index is 2.65. The summed E-state index contributed by atoms with van der Waals surface area (Å²) in [7, 11) is 3.80. The van der Waals surface area contributed by atoms with E-state index in [2.05, 4.69) is 22.1 Å². The maximum absolute atomic E-state index is 3.94. The van der Waals surface area contributed by atoms with Gasteiger partial charge in [-0.15, -0.1) is 0 Å². The second kappa shape index (κ2) is 3.79. The second-order valence-corrected chi connectivity index (χ2v) is 2.22. The zero-order chi connectivity index (χ0) is 8.10. The summed E-state index contributed by atoms with van der Waals surface area (Å²) in [6, 6.07) is 0. The highest BCUT2D eigenvalue weighted by Crippen LogP contribution is 1.90. The van der Waals surface area contributed by atoms with E-state index < -0.39 is 0 Å². The Morgan fingerprint density at radius 2 is 2.55 bits per heavy atom. The zero-order valence-electron chi connectivity index (χ0n) is 6.76. The van der Waals surface area contributed by atoms with Gasteiger partial charge in [-0.3, -0.25) is 0 Å². The number of imidazole rings is 1. The Kier molecular flexibility index (Phi) is 2.70. The van der Waals surface area contributed by atoms with E-state index in [1.165, 1.54) is 0 Å². The summed E-state index contributed by atoms with van der Waals surface area (Å²) in [5.41, 5.74) is 0.945. The minimum absolute atomic E-state index is 0.713. The fraction of sp³-hybridized carbons (Fsp3) is 0.375. The highest BCUT2D eigenvalue weighted by Gasteiger charge is 1.89. The van der Waals surface area contributed by atoms with Crippen molar-refractivity contribution in [2.24, 2.45) is 7.05 Å². The van der Waals surface area contributed by atoms with Gasteiger partial charge in [0.2, 0.25) is 0 Å². The fourth-order valence-electron chi connectivity index (χ4n) is 0.701. The Hall–Kier alpha value is -1.27. The van der Waals surface area contributed by atoms with Gasteiger partial charge in [0.25, 0.3) is 0 Å². The van der Waals surface area contributed by atoms with Crippen molar-refractivity contribution in [3.8, 4) is 11.8 Å². The lowest BCUT2D eigenvalue weighted by Crippen LogP contribution is -2.04. The lowest BCUT2D eigenvalue weighted by atomic mass is 10.4. The van der Waals surface area contributed by atoms with E-state index >= 15 is 0 Å². The molecule has 1 rings (SSSR count). The highest BCUT2D eigenvalue weighted by atomic mass is 15.0. The zero-order valence-corrected chi connectivity index (χ0v) is 6.76. The van der Waals surface area contributed by atoms with E-state index in [4.69, 9.17) is 0 Å². The van der Waals surface area contributed by atoms with Gasteiger partial charge >= 0.3 is 0 Å². The van der Waals surface area contributed by atoms with Crippen LogP contribution < -0.4 is 5.32 Å². The molecular formula is C8H11N3. The molecular weight excluding hydrogens is 138 g/mol. The number of aryl methyl sites for hydroxylation is 1. The van der Waals surface area contributed by atoms with Gasteiger partial charge in [0.1, 0.15) is 5.69 Å². The first-order chi connectivity index (χ1) is 5.34. The Bertz CT molecular complexity index is 277. The number of nitrogens with one attached hydrogen (secondary N) is 1. The topological polar surface area (TPSA) is 29.9 Å². The predicted molar refractivity (Wildman–Crippen MR) is 44.0 cm³/mol. The van der Waals surface area contributed by atoms with E-state index in [1.54, 1.807) is 12.5 Å². The molecule has 0 aliphatic carbocycles. The van der Waals surface area contributed by atoms with Crippen molar-refractivity contribution in [2.45, 2.75) is 0 Å². The van der Waals surface area contributed by atoms with Crippen molar-refractivity contribution in [2.75, 3.05) is 13.6 Å². The first kappa shape index (κ1) is 7.83. The monoisotopic (exact) mass is 149 g/mol. The molecule has 0 fully saturated rings. The molecule has 0 spiro atoms. The average molecular weight is 149 g/mol. The van der Waals surface area contributed by atoms with Crippen LogP contribution in [0.5, 0.6) is 0 Å². The third-order valence-corrected chi connectivity index (χ3v) is 1.30. The van der Waals surface area contributed by atoms with Crippen molar-refractivity contribution in [3.05, 3.63) is 18.2 Å². The summed E-state index contributed by atoms with van der Waals surface area (Å²) in [4.78, 5) is 3.94. The third-order valence-electron chi connectivity index (χ3n) is 1.30. The Morgan fingerprint density at radius 1 is 1.73 bits per heavy atom. The second-order valence-electron chi connectivity index (χ2n) is 2.22. The molecule has 0 bridgehead atoms. The summed E-state index contributed by atoms with van der Waals surface area (Å²) >= 11 is 0. The minimum atomic E-state index is 0.713. The van der Waals surface area contributed by atoms with Crippen LogP contribution in [0.25, 0.3) is 0 Å². The van der Waals surface area contributed by atoms with Crippen LogP contribution in [-0.4, -0.2) is 23.1 Å². The van der Waals surface area contributed by atoms with Crippen LogP contribution in [0.4, 0.5) is 0 Å². The molecule has 1 heterocycles. The summed E-state index contributed by atoms with van der Waals surface area (Å²) in [6.45, 7) is 0.713. The van der Waals surface area contributed by atoms with Crippen molar-refractivity contribution in [3.63, 3.8) is 0 Å². The molecule has 0 unspecified atom stereocenters. The van der Waals surface area contributed by atoms with Crippen molar-refractivity contribution in [1.82, 2.24) is 14.9 Å². The van der Waals surface area contributed by atoms with Crippen molar-refractivity contribution >= 4 is 0 Å². The molecule has 0 aliphatic heterocycles. The van der Waals surface area contributed by atoms with Crippen LogP contribution in [0.1, 0.15) is 5.69 Å². The van der Waals surface area contributed by atoms with Crippen LogP contribution in [0.3, 0.4) is 0 Å². The molecule has 3 nitrogen and oxygen atoms in total. The molecule has 1 N–H and O–H groups in total. The van der Waals surface area contributed by atoms with Gasteiger partial charge in [-0.1, -0.05) is 5.92 Å². The summed E-state index contributed by atoms with van der Waals surface area (Å²) < 4.78 is 1.89. The Labute approximate surface area is 66.4 Å². The number of rotatable bonds is 1. The molecule has 0 aromatic carbocycles. The van der Waals surface area contributed by atoms with Crippen LogP contribution in [-0.2, 0) is 7.05 Å². The quantitative estimate of drug-likeness (QED) is 0.569. The number of hydrogen-bond acceptors (Lipinski definition) is 2. The van der Waals surface area contributed by atoms with Gasteiger partial charge in [0.05, 0.1) is 19.1 Å². The summed E-state index contributed by atoms with van der Waals surface area (Å²) in [5, 5.41) is 2.95. The first-order valence-electron chi connectivity index (χ1n) is 3.44. The van der Waals surface area contributed by atoms with Crippen LogP contribution >= 0.6 is 0 Å². The molecule has 0 saturated heterocycles. The van der Waals surface area contributed by atoms with Crippen molar-refractivity contribution in [1.29, 1.82) is 0 Å². The normalized spacial score (nSPS) is 8.91. The van der Waals surface area contributed by atoms with Gasteiger partial charge in [-0.05, 0) is 13.0 Å².